The summed E-state index contributed by atoms with van der Waals surface area (Å²) in [4.78, 5) is 10.2. The molecule has 1 aromatic rings. The molecule has 6 heteroatoms. The van der Waals surface area contributed by atoms with E-state index in [1.165, 1.54) is 23.9 Å². The molecule has 78 valence electrons. The predicted octanol–water partition coefficient (Wildman–Crippen LogP) is 2.68. The molecule has 0 aromatic heterocycles. The van der Waals surface area contributed by atoms with Crippen LogP contribution in [0, 0.1) is 10.1 Å². The van der Waals surface area contributed by atoms with Gasteiger partial charge in [0.15, 0.2) is 0 Å². The minimum absolute atomic E-state index is 0.0823. The van der Waals surface area contributed by atoms with Crippen LogP contribution in [0.15, 0.2) is 24.3 Å². The number of hydrogen-bond donors (Lipinski definition) is 0. The average molecular weight is 241 g/mol. The first-order valence-corrected chi connectivity index (χ1v) is 5.64. The Labute approximate surface area is 95.8 Å². The van der Waals surface area contributed by atoms with Gasteiger partial charge in [-0.25, -0.2) is 0 Å². The minimum atomic E-state index is -0.413. The molecular formula is C9H7NO3S2. The maximum absolute atomic E-state index is 10.6. The summed E-state index contributed by atoms with van der Waals surface area (Å²) < 4.78 is 5.86. The Balaban J connectivity index is 2.25. The molecule has 1 heterocycles. The van der Waals surface area contributed by atoms with E-state index in [9.17, 15) is 10.1 Å². The first-order valence-electron chi connectivity index (χ1n) is 4.24. The Bertz CT molecular complexity index is 422. The molecule has 1 unspecified atom stereocenters. The maximum Gasteiger partial charge on any atom is 0.269 e. The third kappa shape index (κ3) is 2.27. The van der Waals surface area contributed by atoms with Gasteiger partial charge in [-0.3, -0.25) is 10.1 Å². The number of thioether (sulfide) groups is 1. The van der Waals surface area contributed by atoms with E-state index in [0.29, 0.717) is 4.38 Å². The van der Waals surface area contributed by atoms with Crippen molar-refractivity contribution >= 4 is 34.0 Å². The lowest BCUT2D eigenvalue weighted by atomic mass is 10.1. The third-order valence-electron chi connectivity index (χ3n) is 2.04. The second-order valence-electron chi connectivity index (χ2n) is 3.02. The molecule has 0 aliphatic carbocycles. The lowest BCUT2D eigenvalue weighted by molar-refractivity contribution is -0.385. The molecule has 1 aromatic carbocycles. The van der Waals surface area contributed by atoms with Gasteiger partial charge in [0.1, 0.15) is 6.10 Å². The van der Waals surface area contributed by atoms with Crippen molar-refractivity contribution in [2.45, 2.75) is 6.10 Å². The van der Waals surface area contributed by atoms with E-state index in [-0.39, 0.29) is 11.8 Å². The minimum Gasteiger partial charge on any atom is -0.469 e. The fraction of sp³-hybridized carbons (Fsp3) is 0.222. The van der Waals surface area contributed by atoms with Crippen molar-refractivity contribution in [2.75, 3.05) is 5.75 Å². The SMILES string of the molecule is O=[N+]([O-])c1cccc(C2CSC(=S)O2)c1. The smallest absolute Gasteiger partial charge is 0.269 e. The van der Waals surface area contributed by atoms with Crippen molar-refractivity contribution in [1.29, 1.82) is 0 Å². The number of thiocarbonyl (C=S) groups is 1. The summed E-state index contributed by atoms with van der Waals surface area (Å²) in [6.45, 7) is 0. The monoisotopic (exact) mass is 241 g/mol. The molecule has 0 radical (unpaired) electrons. The summed E-state index contributed by atoms with van der Waals surface area (Å²) in [5.74, 6) is 0.722. The number of non-ortho nitro benzene ring substituents is 1. The van der Waals surface area contributed by atoms with Gasteiger partial charge in [-0.2, -0.15) is 0 Å². The second-order valence-corrected chi connectivity index (χ2v) is 4.64. The zero-order valence-electron chi connectivity index (χ0n) is 7.58. The number of rotatable bonds is 2. The fourth-order valence-electron chi connectivity index (χ4n) is 1.33. The topological polar surface area (TPSA) is 52.4 Å². The van der Waals surface area contributed by atoms with Crippen LogP contribution in [0.4, 0.5) is 5.69 Å². The molecule has 0 bridgehead atoms. The van der Waals surface area contributed by atoms with Crippen molar-refractivity contribution in [2.24, 2.45) is 0 Å². The molecular weight excluding hydrogens is 234 g/mol. The Morgan fingerprint density at radius 2 is 2.40 bits per heavy atom. The van der Waals surface area contributed by atoms with Crippen LogP contribution >= 0.6 is 24.0 Å². The summed E-state index contributed by atoms with van der Waals surface area (Å²) in [6, 6.07) is 6.46. The van der Waals surface area contributed by atoms with E-state index in [1.54, 1.807) is 6.07 Å². The van der Waals surface area contributed by atoms with Gasteiger partial charge in [0.2, 0.25) is 4.38 Å². The van der Waals surface area contributed by atoms with E-state index in [4.69, 9.17) is 17.0 Å². The molecule has 1 fully saturated rings. The van der Waals surface area contributed by atoms with E-state index >= 15 is 0 Å². The van der Waals surface area contributed by atoms with Crippen LogP contribution in [0.5, 0.6) is 0 Å². The Morgan fingerprint density at radius 3 is 3.00 bits per heavy atom. The van der Waals surface area contributed by atoms with Gasteiger partial charge in [-0.05, 0) is 12.2 Å². The van der Waals surface area contributed by atoms with Crippen molar-refractivity contribution in [3.63, 3.8) is 0 Å². The van der Waals surface area contributed by atoms with Crippen LogP contribution in [0.3, 0.4) is 0 Å². The molecule has 0 saturated carbocycles. The Morgan fingerprint density at radius 1 is 1.60 bits per heavy atom. The van der Waals surface area contributed by atoms with Crippen molar-refractivity contribution in [3.8, 4) is 0 Å². The van der Waals surface area contributed by atoms with Gasteiger partial charge in [-0.15, -0.1) is 0 Å². The Kier molecular flexibility index (Phi) is 2.88. The normalized spacial score (nSPS) is 20.0. The summed E-state index contributed by atoms with van der Waals surface area (Å²) in [7, 11) is 0. The van der Waals surface area contributed by atoms with Gasteiger partial charge < -0.3 is 4.74 Å². The number of nitro benzene ring substituents is 1. The van der Waals surface area contributed by atoms with Crippen LogP contribution < -0.4 is 0 Å². The molecule has 1 atom stereocenters. The largest absolute Gasteiger partial charge is 0.469 e. The van der Waals surface area contributed by atoms with Crippen LogP contribution in [0.2, 0.25) is 0 Å². The van der Waals surface area contributed by atoms with Crippen LogP contribution in [0.25, 0.3) is 0 Å². The van der Waals surface area contributed by atoms with Crippen LogP contribution in [0.1, 0.15) is 11.7 Å². The zero-order chi connectivity index (χ0) is 10.8. The van der Waals surface area contributed by atoms with E-state index in [2.05, 4.69) is 0 Å². The molecule has 2 rings (SSSR count). The quantitative estimate of drug-likeness (QED) is 0.452. The van der Waals surface area contributed by atoms with Gasteiger partial charge in [0, 0.05) is 23.4 Å². The summed E-state index contributed by atoms with van der Waals surface area (Å²) in [5.41, 5.74) is 0.885. The van der Waals surface area contributed by atoms with E-state index in [1.807, 2.05) is 6.07 Å². The standard InChI is InChI=1S/C9H7NO3S2/c11-10(12)7-3-1-2-6(4-7)8-5-15-9(14)13-8/h1-4,8H,5H2. The molecule has 4 nitrogen and oxygen atoms in total. The van der Waals surface area contributed by atoms with E-state index in [0.717, 1.165) is 11.3 Å². The highest BCUT2D eigenvalue weighted by atomic mass is 32.2. The van der Waals surface area contributed by atoms with Gasteiger partial charge in [0.05, 0.1) is 4.92 Å². The van der Waals surface area contributed by atoms with Gasteiger partial charge >= 0.3 is 0 Å². The first kappa shape index (κ1) is 10.4. The third-order valence-corrected chi connectivity index (χ3v) is 3.29. The molecule has 0 spiro atoms. The highest BCUT2D eigenvalue weighted by molar-refractivity contribution is 8.22. The summed E-state index contributed by atoms with van der Waals surface area (Å²) >= 11 is 6.34. The second kappa shape index (κ2) is 4.16. The highest BCUT2D eigenvalue weighted by Crippen LogP contribution is 2.33. The summed E-state index contributed by atoms with van der Waals surface area (Å²) in [5, 5.41) is 10.6. The van der Waals surface area contributed by atoms with Crippen molar-refractivity contribution in [3.05, 3.63) is 39.9 Å². The number of ether oxygens (including phenoxy) is 1. The molecule has 1 aliphatic rings. The lowest BCUT2D eigenvalue weighted by Crippen LogP contribution is -2.00. The Hall–Kier alpha value is -1.14. The number of nitrogens with zero attached hydrogens (tertiary/aromatic N) is 1. The molecule has 1 saturated heterocycles. The maximum atomic E-state index is 10.6. The molecule has 0 amide bonds. The van der Waals surface area contributed by atoms with Crippen molar-refractivity contribution < 1.29 is 9.66 Å². The summed E-state index contributed by atoms with van der Waals surface area (Å²) in [6.07, 6.45) is -0.151. The number of benzene rings is 1. The zero-order valence-corrected chi connectivity index (χ0v) is 9.22. The van der Waals surface area contributed by atoms with Gasteiger partial charge in [-0.1, -0.05) is 23.9 Å². The number of nitro groups is 1. The predicted molar refractivity (Wildman–Crippen MR) is 62.0 cm³/mol. The van der Waals surface area contributed by atoms with Crippen LogP contribution in [-0.2, 0) is 4.74 Å². The lowest BCUT2D eigenvalue weighted by Gasteiger charge is -2.08. The average Bonchev–Trinajstić information content (AvgIpc) is 2.65. The number of hydrogen-bond acceptors (Lipinski definition) is 5. The molecule has 0 N–H and O–H groups in total. The molecule has 1 aliphatic heterocycles. The molecule has 15 heavy (non-hydrogen) atoms. The van der Waals surface area contributed by atoms with Crippen LogP contribution in [-0.4, -0.2) is 15.1 Å². The fourth-order valence-corrected chi connectivity index (χ4v) is 2.38. The van der Waals surface area contributed by atoms with Crippen molar-refractivity contribution in [1.82, 2.24) is 0 Å². The highest BCUT2D eigenvalue weighted by Gasteiger charge is 2.24. The first-order chi connectivity index (χ1) is 7.16. The van der Waals surface area contributed by atoms with Gasteiger partial charge in [0.25, 0.3) is 5.69 Å². The van der Waals surface area contributed by atoms with E-state index < -0.39 is 4.92 Å².